The van der Waals surface area contributed by atoms with Gasteiger partial charge in [-0.3, -0.25) is 4.99 Å². The molecule has 1 rings (SSSR count). The zero-order chi connectivity index (χ0) is 16.8. The SMILES string of the molecule is CC(=NCCBr)/C(N)=C\N.CCCCOc1ccc(N)cc1. The minimum Gasteiger partial charge on any atom is -0.494 e. The molecule has 6 N–H and O–H groups in total. The lowest BCUT2D eigenvalue weighted by Crippen LogP contribution is -2.10. The fourth-order valence-corrected chi connectivity index (χ4v) is 1.50. The van der Waals surface area contributed by atoms with Gasteiger partial charge in [-0.1, -0.05) is 29.3 Å². The molecule has 124 valence electrons. The molecule has 0 radical (unpaired) electrons. The smallest absolute Gasteiger partial charge is 0.119 e. The molecule has 0 aliphatic carbocycles. The Balaban J connectivity index is 0.000000409. The maximum atomic E-state index is 5.53. The Morgan fingerprint density at radius 2 is 1.95 bits per heavy atom. The summed E-state index contributed by atoms with van der Waals surface area (Å²) in [5.41, 5.74) is 18.3. The van der Waals surface area contributed by atoms with Gasteiger partial charge in [-0.2, -0.15) is 0 Å². The number of hydrogen-bond acceptors (Lipinski definition) is 5. The molecule has 1 aromatic rings. The number of unbranched alkanes of at least 4 members (excludes halogenated alkanes) is 1. The molecule has 5 nitrogen and oxygen atoms in total. The summed E-state index contributed by atoms with van der Waals surface area (Å²) in [5.74, 6) is 0.901. The summed E-state index contributed by atoms with van der Waals surface area (Å²) in [5, 5.41) is 0.849. The van der Waals surface area contributed by atoms with E-state index in [4.69, 9.17) is 21.9 Å². The minimum atomic E-state index is 0.543. The van der Waals surface area contributed by atoms with E-state index in [1.807, 2.05) is 31.2 Å². The predicted octanol–water partition coefficient (Wildman–Crippen LogP) is 3.05. The largest absolute Gasteiger partial charge is 0.494 e. The van der Waals surface area contributed by atoms with Crippen LogP contribution < -0.4 is 21.9 Å². The first-order chi connectivity index (χ1) is 10.5. The van der Waals surface area contributed by atoms with E-state index < -0.39 is 0 Å². The van der Waals surface area contributed by atoms with Gasteiger partial charge in [0.1, 0.15) is 5.75 Å². The number of rotatable bonds is 7. The van der Waals surface area contributed by atoms with Crippen LogP contribution in [0.5, 0.6) is 5.75 Å². The number of nitrogen functional groups attached to an aromatic ring is 1. The van der Waals surface area contributed by atoms with Crippen LogP contribution >= 0.6 is 15.9 Å². The molecule has 0 fully saturated rings. The van der Waals surface area contributed by atoms with Gasteiger partial charge >= 0.3 is 0 Å². The third-order valence-electron chi connectivity index (χ3n) is 2.68. The molecular formula is C16H27BrN4O. The number of anilines is 1. The average Bonchev–Trinajstić information content (AvgIpc) is 2.54. The summed E-state index contributed by atoms with van der Waals surface area (Å²) in [6.07, 6.45) is 3.62. The number of allylic oxidation sites excluding steroid dienone is 1. The van der Waals surface area contributed by atoms with Gasteiger partial charge in [0.2, 0.25) is 0 Å². The first-order valence-corrected chi connectivity index (χ1v) is 8.40. The quantitative estimate of drug-likeness (QED) is 0.297. The summed E-state index contributed by atoms with van der Waals surface area (Å²) in [7, 11) is 0. The number of alkyl halides is 1. The van der Waals surface area contributed by atoms with Crippen molar-refractivity contribution >= 4 is 27.3 Å². The van der Waals surface area contributed by atoms with Crippen LogP contribution in [0.3, 0.4) is 0 Å². The lowest BCUT2D eigenvalue weighted by molar-refractivity contribution is 0.309. The van der Waals surface area contributed by atoms with Gasteiger partial charge in [0, 0.05) is 23.8 Å². The van der Waals surface area contributed by atoms with Crippen molar-refractivity contribution in [1.82, 2.24) is 0 Å². The van der Waals surface area contributed by atoms with Gasteiger partial charge in [0.25, 0.3) is 0 Å². The molecule has 0 saturated carbocycles. The molecule has 0 spiro atoms. The Hall–Kier alpha value is -1.69. The lowest BCUT2D eigenvalue weighted by atomic mass is 10.3. The van der Waals surface area contributed by atoms with Gasteiger partial charge in [0.05, 0.1) is 18.0 Å². The molecule has 0 unspecified atom stereocenters. The van der Waals surface area contributed by atoms with Crippen molar-refractivity contribution in [3.63, 3.8) is 0 Å². The summed E-state index contributed by atoms with van der Waals surface area (Å²) in [6, 6.07) is 7.48. The van der Waals surface area contributed by atoms with E-state index in [2.05, 4.69) is 27.8 Å². The Labute approximate surface area is 141 Å². The first kappa shape index (κ1) is 20.3. The molecule has 0 bridgehead atoms. The molecule has 22 heavy (non-hydrogen) atoms. The van der Waals surface area contributed by atoms with Gasteiger partial charge < -0.3 is 21.9 Å². The van der Waals surface area contributed by atoms with Crippen LogP contribution in [0, 0.1) is 0 Å². The summed E-state index contributed by atoms with van der Waals surface area (Å²) in [4.78, 5) is 4.11. The highest BCUT2D eigenvalue weighted by atomic mass is 79.9. The van der Waals surface area contributed by atoms with Crippen molar-refractivity contribution in [1.29, 1.82) is 0 Å². The third kappa shape index (κ3) is 10.1. The van der Waals surface area contributed by atoms with E-state index in [1.54, 1.807) is 0 Å². The number of ether oxygens (including phenoxy) is 1. The molecule has 0 heterocycles. The second-order valence-electron chi connectivity index (χ2n) is 4.55. The third-order valence-corrected chi connectivity index (χ3v) is 3.03. The van der Waals surface area contributed by atoms with Gasteiger partial charge in [0.15, 0.2) is 0 Å². The van der Waals surface area contributed by atoms with Crippen LogP contribution in [0.15, 0.2) is 41.2 Å². The van der Waals surface area contributed by atoms with E-state index in [0.717, 1.165) is 48.5 Å². The standard InChI is InChI=1S/C10H15NO.C6H12BrN3/c1-2-3-8-12-10-6-4-9(11)5-7-10;1-5(6(9)4-8)10-3-2-7/h4-7H,2-3,8,11H2,1H3;4H,2-3,8-9H2,1H3/b;6-4+,10-5?. The van der Waals surface area contributed by atoms with Gasteiger partial charge in [-0.05, 0) is 37.6 Å². The molecule has 0 aliphatic rings. The molecular weight excluding hydrogens is 344 g/mol. The van der Waals surface area contributed by atoms with E-state index in [-0.39, 0.29) is 0 Å². The maximum Gasteiger partial charge on any atom is 0.119 e. The van der Waals surface area contributed by atoms with Crippen LogP contribution in [-0.4, -0.2) is 24.2 Å². The topological polar surface area (TPSA) is 99.6 Å². The van der Waals surface area contributed by atoms with Crippen molar-refractivity contribution in [2.24, 2.45) is 16.5 Å². The second kappa shape index (κ2) is 13.0. The number of nitrogens with two attached hydrogens (primary N) is 3. The summed E-state index contributed by atoms with van der Waals surface area (Å²) >= 11 is 3.25. The van der Waals surface area contributed by atoms with E-state index >= 15 is 0 Å². The van der Waals surface area contributed by atoms with Gasteiger partial charge in [-0.25, -0.2) is 0 Å². The highest BCUT2D eigenvalue weighted by Gasteiger charge is 1.92. The zero-order valence-corrected chi connectivity index (χ0v) is 15.0. The number of aliphatic imine (C=N–C) groups is 1. The van der Waals surface area contributed by atoms with Crippen LogP contribution in [0.1, 0.15) is 26.7 Å². The summed E-state index contributed by atoms with van der Waals surface area (Å²) in [6.45, 7) is 5.51. The Morgan fingerprint density at radius 3 is 2.45 bits per heavy atom. The highest BCUT2D eigenvalue weighted by molar-refractivity contribution is 9.09. The van der Waals surface area contributed by atoms with E-state index in [0.29, 0.717) is 5.70 Å². The van der Waals surface area contributed by atoms with Crippen molar-refractivity contribution in [2.45, 2.75) is 26.7 Å². The second-order valence-corrected chi connectivity index (χ2v) is 5.34. The van der Waals surface area contributed by atoms with Crippen LogP contribution in [0.4, 0.5) is 5.69 Å². The van der Waals surface area contributed by atoms with Crippen LogP contribution in [-0.2, 0) is 0 Å². The fraction of sp³-hybridized carbons (Fsp3) is 0.438. The first-order valence-electron chi connectivity index (χ1n) is 7.28. The molecule has 0 saturated heterocycles. The normalized spacial score (nSPS) is 11.6. The van der Waals surface area contributed by atoms with Crippen molar-refractivity contribution in [3.8, 4) is 5.75 Å². The molecule has 0 aromatic heterocycles. The molecule has 1 aromatic carbocycles. The molecule has 0 aliphatic heterocycles. The minimum absolute atomic E-state index is 0.543. The Kier molecular flexibility index (Phi) is 12.0. The van der Waals surface area contributed by atoms with E-state index in [9.17, 15) is 0 Å². The molecule has 0 atom stereocenters. The Bertz CT molecular complexity index is 458. The molecule has 6 heteroatoms. The highest BCUT2D eigenvalue weighted by Crippen LogP contribution is 2.13. The van der Waals surface area contributed by atoms with Crippen molar-refractivity contribution < 1.29 is 4.74 Å². The number of nitrogens with zero attached hydrogens (tertiary/aromatic N) is 1. The monoisotopic (exact) mass is 370 g/mol. The van der Waals surface area contributed by atoms with Crippen molar-refractivity contribution in [3.05, 3.63) is 36.2 Å². The van der Waals surface area contributed by atoms with Crippen molar-refractivity contribution in [2.75, 3.05) is 24.2 Å². The summed E-state index contributed by atoms with van der Waals surface area (Å²) < 4.78 is 5.45. The number of halogens is 1. The van der Waals surface area contributed by atoms with E-state index in [1.165, 1.54) is 6.20 Å². The number of benzene rings is 1. The lowest BCUT2D eigenvalue weighted by Gasteiger charge is -2.04. The molecule has 0 amide bonds. The predicted molar refractivity (Wildman–Crippen MR) is 99.5 cm³/mol. The fourth-order valence-electron chi connectivity index (χ4n) is 1.32. The maximum absolute atomic E-state index is 5.53. The number of hydrogen-bond donors (Lipinski definition) is 3. The average molecular weight is 371 g/mol. The van der Waals surface area contributed by atoms with Crippen LogP contribution in [0.25, 0.3) is 0 Å². The Morgan fingerprint density at radius 1 is 1.32 bits per heavy atom. The van der Waals surface area contributed by atoms with Gasteiger partial charge in [-0.15, -0.1) is 0 Å². The van der Waals surface area contributed by atoms with Crippen LogP contribution in [0.2, 0.25) is 0 Å². The zero-order valence-electron chi connectivity index (χ0n) is 13.4.